The molecule has 8 nitrogen and oxygen atoms in total. The number of aliphatic hydroxyl groups is 1. The number of benzene rings is 3. The summed E-state index contributed by atoms with van der Waals surface area (Å²) in [5, 5.41) is 30.2. The summed E-state index contributed by atoms with van der Waals surface area (Å²) in [6, 6.07) is 19.9. The van der Waals surface area contributed by atoms with E-state index in [9.17, 15) is 19.8 Å². The van der Waals surface area contributed by atoms with E-state index in [-0.39, 0.29) is 22.2 Å². The van der Waals surface area contributed by atoms with Gasteiger partial charge in [-0.05, 0) is 61.4 Å². The molecule has 5 rings (SSSR count). The maximum absolute atomic E-state index is 13.2. The smallest absolute Gasteiger partial charge is 0.301 e. The zero-order valence-corrected chi connectivity index (χ0v) is 20.9. The van der Waals surface area contributed by atoms with E-state index >= 15 is 0 Å². The molecule has 0 radical (unpaired) electrons. The van der Waals surface area contributed by atoms with Crippen LogP contribution in [-0.4, -0.2) is 32.1 Å². The average molecular weight is 514 g/mol. The SMILES string of the molecule is Cc1cccc(COc2ccc(/C(O)=C3\C(=O)C(=O)N(c4nnc(C)s4)[C@H]3c3cccc(O)c3)cc2)c1. The Balaban J connectivity index is 1.50. The number of hydrogen-bond acceptors (Lipinski definition) is 8. The fourth-order valence-electron chi connectivity index (χ4n) is 4.26. The first kappa shape index (κ1) is 24.2. The quantitative estimate of drug-likeness (QED) is 0.210. The van der Waals surface area contributed by atoms with Crippen LogP contribution in [0, 0.1) is 13.8 Å². The number of aliphatic hydroxyl groups excluding tert-OH is 1. The van der Waals surface area contributed by atoms with Gasteiger partial charge < -0.3 is 14.9 Å². The van der Waals surface area contributed by atoms with E-state index in [1.54, 1.807) is 43.3 Å². The first-order chi connectivity index (χ1) is 17.8. The summed E-state index contributed by atoms with van der Waals surface area (Å²) >= 11 is 1.16. The van der Waals surface area contributed by atoms with E-state index in [1.165, 1.54) is 17.0 Å². The number of anilines is 1. The van der Waals surface area contributed by atoms with E-state index in [1.807, 2.05) is 31.2 Å². The van der Waals surface area contributed by atoms with Gasteiger partial charge in [0.15, 0.2) is 0 Å². The van der Waals surface area contributed by atoms with Crippen molar-refractivity contribution in [2.75, 3.05) is 4.90 Å². The van der Waals surface area contributed by atoms with E-state index in [2.05, 4.69) is 10.2 Å². The van der Waals surface area contributed by atoms with Crippen LogP contribution in [0.4, 0.5) is 5.13 Å². The van der Waals surface area contributed by atoms with Crippen molar-refractivity contribution in [3.05, 3.63) is 106 Å². The number of Topliss-reactive ketones (excluding diaryl/α,β-unsaturated/α-hetero) is 1. The Morgan fingerprint density at radius 2 is 1.76 bits per heavy atom. The van der Waals surface area contributed by atoms with Gasteiger partial charge in [0.2, 0.25) is 5.13 Å². The van der Waals surface area contributed by atoms with Gasteiger partial charge in [-0.15, -0.1) is 10.2 Å². The van der Waals surface area contributed by atoms with Gasteiger partial charge in [-0.1, -0.05) is 53.3 Å². The predicted molar refractivity (Wildman–Crippen MR) is 139 cm³/mol. The number of phenols is 1. The predicted octanol–water partition coefficient (Wildman–Crippen LogP) is 5.07. The van der Waals surface area contributed by atoms with Crippen molar-refractivity contribution >= 4 is 33.9 Å². The Kier molecular flexibility index (Phi) is 6.45. The lowest BCUT2D eigenvalue weighted by Gasteiger charge is -2.22. The number of amides is 1. The Bertz CT molecular complexity index is 1530. The third-order valence-corrected chi connectivity index (χ3v) is 6.81. The molecule has 1 aromatic heterocycles. The molecule has 9 heteroatoms. The summed E-state index contributed by atoms with van der Waals surface area (Å²) in [6.07, 6.45) is 0. The van der Waals surface area contributed by atoms with Crippen molar-refractivity contribution in [3.8, 4) is 11.5 Å². The standard InChI is InChI=1S/C28H23N3O5S/c1-16-5-3-6-18(13-16)15-36-22-11-9-19(10-12-22)25(33)23-24(20-7-4-8-21(32)14-20)31(27(35)26(23)34)28-30-29-17(2)37-28/h3-14,24,32-33H,15H2,1-2H3/b25-23+/t24-/m0/s1. The molecule has 0 spiro atoms. The second kappa shape index (κ2) is 9.87. The molecule has 1 atom stereocenters. The van der Waals surface area contributed by atoms with E-state index in [0.29, 0.717) is 28.5 Å². The molecule has 1 fully saturated rings. The second-order valence-electron chi connectivity index (χ2n) is 8.67. The Hall–Kier alpha value is -4.50. The molecular weight excluding hydrogens is 490 g/mol. The van der Waals surface area contributed by atoms with Crippen LogP contribution >= 0.6 is 11.3 Å². The van der Waals surface area contributed by atoms with Crippen molar-refractivity contribution < 1.29 is 24.5 Å². The highest BCUT2D eigenvalue weighted by Gasteiger charge is 2.48. The van der Waals surface area contributed by atoms with Gasteiger partial charge in [-0.2, -0.15) is 0 Å². The highest BCUT2D eigenvalue weighted by molar-refractivity contribution is 7.15. The molecule has 1 aliphatic rings. The lowest BCUT2D eigenvalue weighted by atomic mass is 9.95. The summed E-state index contributed by atoms with van der Waals surface area (Å²) < 4.78 is 5.86. The zero-order chi connectivity index (χ0) is 26.1. The number of aromatic nitrogens is 2. The van der Waals surface area contributed by atoms with Crippen molar-refractivity contribution in [3.63, 3.8) is 0 Å². The number of aryl methyl sites for hydroxylation is 2. The van der Waals surface area contributed by atoms with Crippen LogP contribution in [0.2, 0.25) is 0 Å². The van der Waals surface area contributed by atoms with Crippen LogP contribution in [0.3, 0.4) is 0 Å². The number of aromatic hydroxyl groups is 1. The molecule has 0 bridgehead atoms. The fraction of sp³-hybridized carbons (Fsp3) is 0.143. The largest absolute Gasteiger partial charge is 0.508 e. The van der Waals surface area contributed by atoms with Crippen LogP contribution in [0.25, 0.3) is 5.76 Å². The number of carbonyl (C=O) groups is 2. The van der Waals surface area contributed by atoms with Gasteiger partial charge in [0.1, 0.15) is 28.9 Å². The van der Waals surface area contributed by atoms with E-state index in [0.717, 1.165) is 22.5 Å². The molecular formula is C28H23N3O5S. The van der Waals surface area contributed by atoms with E-state index < -0.39 is 17.7 Å². The summed E-state index contributed by atoms with van der Waals surface area (Å²) in [7, 11) is 0. The normalized spacial score (nSPS) is 16.8. The number of hydrogen-bond donors (Lipinski definition) is 2. The maximum atomic E-state index is 13.2. The molecule has 37 heavy (non-hydrogen) atoms. The van der Waals surface area contributed by atoms with Gasteiger partial charge in [0, 0.05) is 5.56 Å². The maximum Gasteiger partial charge on any atom is 0.301 e. The van der Waals surface area contributed by atoms with Gasteiger partial charge in [0.25, 0.3) is 5.78 Å². The topological polar surface area (TPSA) is 113 Å². The number of carbonyl (C=O) groups excluding carboxylic acids is 2. The molecule has 0 saturated carbocycles. The number of rotatable bonds is 6. The second-order valence-corrected chi connectivity index (χ2v) is 9.83. The molecule has 3 aromatic carbocycles. The Morgan fingerprint density at radius 3 is 2.43 bits per heavy atom. The van der Waals surface area contributed by atoms with Gasteiger partial charge in [-0.25, -0.2) is 0 Å². The summed E-state index contributed by atoms with van der Waals surface area (Å²) in [5.74, 6) is -1.46. The van der Waals surface area contributed by atoms with Crippen LogP contribution in [0.5, 0.6) is 11.5 Å². The highest BCUT2D eigenvalue weighted by Crippen LogP contribution is 2.43. The van der Waals surface area contributed by atoms with Crippen LogP contribution in [0.15, 0.2) is 78.4 Å². The van der Waals surface area contributed by atoms with E-state index in [4.69, 9.17) is 4.74 Å². The molecule has 186 valence electrons. The Morgan fingerprint density at radius 1 is 1.00 bits per heavy atom. The molecule has 2 N–H and O–H groups in total. The van der Waals surface area contributed by atoms with Crippen LogP contribution in [-0.2, 0) is 16.2 Å². The average Bonchev–Trinajstić information content (AvgIpc) is 3.43. The summed E-state index contributed by atoms with van der Waals surface area (Å²) in [4.78, 5) is 27.5. The third-order valence-electron chi connectivity index (χ3n) is 5.97. The number of nitrogens with zero attached hydrogens (tertiary/aromatic N) is 3. The minimum absolute atomic E-state index is 0.0355. The summed E-state index contributed by atoms with van der Waals surface area (Å²) in [6.45, 7) is 4.14. The first-order valence-electron chi connectivity index (χ1n) is 11.5. The Labute approximate surface area is 217 Å². The summed E-state index contributed by atoms with van der Waals surface area (Å²) in [5.41, 5.74) is 2.87. The third kappa shape index (κ3) is 4.81. The number of phenolic OH excluding ortho intramolecular Hbond substituents is 1. The van der Waals surface area contributed by atoms with Crippen molar-refractivity contribution in [1.82, 2.24) is 10.2 Å². The van der Waals surface area contributed by atoms with Crippen molar-refractivity contribution in [2.24, 2.45) is 0 Å². The molecule has 1 amide bonds. The molecule has 2 heterocycles. The number of ether oxygens (including phenoxy) is 1. The zero-order valence-electron chi connectivity index (χ0n) is 20.1. The fourth-order valence-corrected chi connectivity index (χ4v) is 4.97. The molecule has 0 aliphatic carbocycles. The lowest BCUT2D eigenvalue weighted by Crippen LogP contribution is -2.29. The van der Waals surface area contributed by atoms with Crippen molar-refractivity contribution in [1.29, 1.82) is 0 Å². The minimum Gasteiger partial charge on any atom is -0.508 e. The van der Waals surface area contributed by atoms with Gasteiger partial charge >= 0.3 is 5.91 Å². The molecule has 1 aliphatic heterocycles. The molecule has 4 aromatic rings. The minimum atomic E-state index is -0.989. The number of ketones is 1. The highest BCUT2D eigenvalue weighted by atomic mass is 32.1. The molecule has 0 unspecified atom stereocenters. The lowest BCUT2D eigenvalue weighted by molar-refractivity contribution is -0.132. The first-order valence-corrected chi connectivity index (χ1v) is 12.3. The van der Waals surface area contributed by atoms with Crippen molar-refractivity contribution in [2.45, 2.75) is 26.5 Å². The monoisotopic (exact) mass is 513 g/mol. The van der Waals surface area contributed by atoms with Gasteiger partial charge in [-0.3, -0.25) is 14.5 Å². The van der Waals surface area contributed by atoms with Crippen LogP contribution < -0.4 is 9.64 Å². The van der Waals surface area contributed by atoms with Crippen LogP contribution in [0.1, 0.15) is 33.3 Å². The molecule has 1 saturated heterocycles. The van der Waals surface area contributed by atoms with Gasteiger partial charge in [0.05, 0.1) is 11.6 Å².